The molecule has 4 bridgehead atoms. The fraction of sp³-hybridized carbons (Fsp3) is 0.625. The van der Waals surface area contributed by atoms with Gasteiger partial charge in [0.05, 0.1) is 39.6 Å². The lowest BCUT2D eigenvalue weighted by molar-refractivity contribution is 0.0160. The Morgan fingerprint density at radius 2 is 1.26 bits per heavy atom. The van der Waals surface area contributed by atoms with E-state index in [1.807, 2.05) is 0 Å². The van der Waals surface area contributed by atoms with Gasteiger partial charge >= 0.3 is 0 Å². The Bertz CT molecular complexity index is 419. The molecule has 1 saturated carbocycles. The number of allylic oxidation sites excluding steroid dienone is 4. The highest BCUT2D eigenvalue weighted by Gasteiger charge is 2.73. The summed E-state index contributed by atoms with van der Waals surface area (Å²) in [7, 11) is 0. The maximum Gasteiger partial charge on any atom is 0.0701 e. The molecular weight excluding hydrogens is 240 g/mol. The summed E-state index contributed by atoms with van der Waals surface area (Å²) in [6.07, 6.45) is 14.1. The van der Waals surface area contributed by atoms with Gasteiger partial charge in [0.1, 0.15) is 0 Å². The van der Waals surface area contributed by atoms with E-state index in [9.17, 15) is 0 Å². The van der Waals surface area contributed by atoms with E-state index < -0.39 is 0 Å². The Morgan fingerprint density at radius 1 is 0.684 bits per heavy atom. The standard InChI is InChI=1S/C16H20O3/c1-2-14-15-5-3-13(1)4-6-16(14,15)12-19-10-8-17-7-9-18-11-15/h1-6,13-14H,7-12H2/t13?,14?,15-,16?/m1/s1. The van der Waals surface area contributed by atoms with Gasteiger partial charge in [-0.2, -0.15) is 0 Å². The van der Waals surface area contributed by atoms with Crippen LogP contribution in [0.25, 0.3) is 0 Å². The van der Waals surface area contributed by atoms with Crippen LogP contribution >= 0.6 is 0 Å². The van der Waals surface area contributed by atoms with Crippen molar-refractivity contribution >= 4 is 0 Å². The molecule has 3 heteroatoms. The summed E-state index contributed by atoms with van der Waals surface area (Å²) in [5, 5.41) is 0. The van der Waals surface area contributed by atoms with Crippen LogP contribution in [0.15, 0.2) is 36.5 Å². The topological polar surface area (TPSA) is 27.7 Å². The molecule has 19 heavy (non-hydrogen) atoms. The van der Waals surface area contributed by atoms with Crippen LogP contribution in [0.2, 0.25) is 0 Å². The molecule has 4 atom stereocenters. The van der Waals surface area contributed by atoms with Crippen molar-refractivity contribution in [2.75, 3.05) is 39.6 Å². The summed E-state index contributed by atoms with van der Waals surface area (Å²) in [5.74, 6) is 0.977. The van der Waals surface area contributed by atoms with E-state index in [4.69, 9.17) is 14.2 Å². The number of ether oxygens (including phenoxy) is 3. The first kappa shape index (κ1) is 11.9. The van der Waals surface area contributed by atoms with E-state index in [1.165, 1.54) is 0 Å². The molecule has 2 spiro atoms. The smallest absolute Gasteiger partial charge is 0.0701 e. The average Bonchev–Trinajstić information content (AvgIpc) is 3.07. The number of hydrogen-bond acceptors (Lipinski definition) is 3. The molecule has 0 aromatic heterocycles. The van der Waals surface area contributed by atoms with Crippen LogP contribution in [-0.2, 0) is 14.2 Å². The third-order valence-corrected chi connectivity index (χ3v) is 5.08. The van der Waals surface area contributed by atoms with Gasteiger partial charge in [-0.1, -0.05) is 36.5 Å². The quantitative estimate of drug-likeness (QED) is 0.623. The molecule has 5 aliphatic rings. The maximum absolute atomic E-state index is 5.88. The predicted octanol–water partition coefficient (Wildman–Crippen LogP) is 1.96. The second kappa shape index (κ2) is 4.30. The first-order valence-corrected chi connectivity index (χ1v) is 7.18. The molecule has 5 rings (SSSR count). The van der Waals surface area contributed by atoms with Crippen molar-refractivity contribution in [1.29, 1.82) is 0 Å². The lowest BCUT2D eigenvalue weighted by atomic mass is 9.94. The van der Waals surface area contributed by atoms with Crippen LogP contribution < -0.4 is 0 Å². The molecule has 2 fully saturated rings. The van der Waals surface area contributed by atoms with Crippen LogP contribution in [0.1, 0.15) is 0 Å². The van der Waals surface area contributed by atoms with E-state index in [0.29, 0.717) is 38.3 Å². The minimum atomic E-state index is 0.107. The largest absolute Gasteiger partial charge is 0.378 e. The summed E-state index contributed by atoms with van der Waals surface area (Å²) in [6, 6.07) is 0. The third kappa shape index (κ3) is 1.62. The fourth-order valence-electron chi connectivity index (χ4n) is 3.91. The third-order valence-electron chi connectivity index (χ3n) is 5.08. The molecule has 1 heterocycles. The van der Waals surface area contributed by atoms with E-state index in [1.54, 1.807) is 0 Å². The first-order valence-electron chi connectivity index (χ1n) is 7.18. The number of rotatable bonds is 0. The van der Waals surface area contributed by atoms with Gasteiger partial charge in [0, 0.05) is 22.7 Å². The van der Waals surface area contributed by atoms with Gasteiger partial charge in [-0.05, 0) is 0 Å². The normalized spacial score (nSPS) is 48.0. The molecule has 3 nitrogen and oxygen atoms in total. The van der Waals surface area contributed by atoms with E-state index in [-0.39, 0.29) is 10.8 Å². The molecular formula is C16H20O3. The Hall–Kier alpha value is -0.900. The van der Waals surface area contributed by atoms with Crippen molar-refractivity contribution in [1.82, 2.24) is 0 Å². The Morgan fingerprint density at radius 3 is 1.89 bits per heavy atom. The Labute approximate surface area is 113 Å². The monoisotopic (exact) mass is 260 g/mol. The SMILES string of the molecule is C1=CC2C34C=CC1C=C[C@@]23COCCOCCOC4. The number of hydrogen-bond donors (Lipinski definition) is 0. The highest BCUT2D eigenvalue weighted by Crippen LogP contribution is 2.73. The van der Waals surface area contributed by atoms with E-state index >= 15 is 0 Å². The van der Waals surface area contributed by atoms with Crippen LogP contribution in [-0.4, -0.2) is 39.6 Å². The van der Waals surface area contributed by atoms with E-state index in [2.05, 4.69) is 36.5 Å². The molecule has 0 aromatic rings. The molecule has 0 aromatic carbocycles. The molecule has 102 valence electrons. The summed E-state index contributed by atoms with van der Waals surface area (Å²) < 4.78 is 17.2. The van der Waals surface area contributed by atoms with Crippen molar-refractivity contribution in [3.8, 4) is 0 Å². The summed E-state index contributed by atoms with van der Waals surface area (Å²) >= 11 is 0. The molecule has 1 saturated heterocycles. The maximum atomic E-state index is 5.88. The zero-order chi connectivity index (χ0) is 12.8. The predicted molar refractivity (Wildman–Crippen MR) is 71.7 cm³/mol. The van der Waals surface area contributed by atoms with Gasteiger partial charge in [0.25, 0.3) is 0 Å². The summed E-state index contributed by atoms with van der Waals surface area (Å²) in [4.78, 5) is 0. The van der Waals surface area contributed by atoms with Gasteiger partial charge in [-0.25, -0.2) is 0 Å². The minimum Gasteiger partial charge on any atom is -0.378 e. The van der Waals surface area contributed by atoms with Gasteiger partial charge in [0.15, 0.2) is 0 Å². The molecule has 0 N–H and O–H groups in total. The summed E-state index contributed by atoms with van der Waals surface area (Å²) in [6.45, 7) is 4.21. The van der Waals surface area contributed by atoms with Crippen molar-refractivity contribution < 1.29 is 14.2 Å². The molecule has 4 aliphatic carbocycles. The van der Waals surface area contributed by atoms with Crippen LogP contribution in [0.5, 0.6) is 0 Å². The van der Waals surface area contributed by atoms with Gasteiger partial charge in [-0.15, -0.1) is 0 Å². The van der Waals surface area contributed by atoms with Gasteiger partial charge < -0.3 is 14.2 Å². The molecule has 0 radical (unpaired) electrons. The van der Waals surface area contributed by atoms with Crippen molar-refractivity contribution in [2.24, 2.45) is 22.7 Å². The zero-order valence-corrected chi connectivity index (χ0v) is 11.1. The zero-order valence-electron chi connectivity index (χ0n) is 11.1. The Balaban J connectivity index is 1.68. The molecule has 0 amide bonds. The van der Waals surface area contributed by atoms with Crippen LogP contribution in [0.4, 0.5) is 0 Å². The van der Waals surface area contributed by atoms with Crippen molar-refractivity contribution in [3.05, 3.63) is 36.5 Å². The highest BCUT2D eigenvalue weighted by atomic mass is 16.5. The highest BCUT2D eigenvalue weighted by molar-refractivity contribution is 5.45. The first-order chi connectivity index (χ1) is 9.37. The van der Waals surface area contributed by atoms with Gasteiger partial charge in [-0.3, -0.25) is 0 Å². The summed E-state index contributed by atoms with van der Waals surface area (Å²) in [5.41, 5.74) is 0.213. The average molecular weight is 260 g/mol. The second-order valence-corrected chi connectivity index (χ2v) is 5.96. The van der Waals surface area contributed by atoms with Gasteiger partial charge in [0.2, 0.25) is 0 Å². The molecule has 3 unspecified atom stereocenters. The Kier molecular flexibility index (Phi) is 2.69. The van der Waals surface area contributed by atoms with Crippen molar-refractivity contribution in [3.63, 3.8) is 0 Å². The fourth-order valence-corrected chi connectivity index (χ4v) is 3.91. The van der Waals surface area contributed by atoms with E-state index in [0.717, 1.165) is 13.2 Å². The van der Waals surface area contributed by atoms with Crippen LogP contribution in [0, 0.1) is 22.7 Å². The van der Waals surface area contributed by atoms with Crippen LogP contribution in [0.3, 0.4) is 0 Å². The minimum absolute atomic E-state index is 0.107. The van der Waals surface area contributed by atoms with Crippen molar-refractivity contribution in [2.45, 2.75) is 0 Å². The lowest BCUT2D eigenvalue weighted by Gasteiger charge is -2.19. The lowest BCUT2D eigenvalue weighted by Crippen LogP contribution is -2.21. The molecule has 1 aliphatic heterocycles. The second-order valence-electron chi connectivity index (χ2n) is 5.96.